The molecule has 1 N–H and O–H groups in total. The first-order chi connectivity index (χ1) is 14.0. The van der Waals surface area contributed by atoms with Gasteiger partial charge in [-0.3, -0.25) is 4.79 Å². The van der Waals surface area contributed by atoms with Crippen LogP contribution in [0, 0.1) is 5.92 Å². The molecule has 174 valence electrons. The van der Waals surface area contributed by atoms with Gasteiger partial charge >= 0.3 is 18.4 Å². The molecule has 11 heteroatoms. The van der Waals surface area contributed by atoms with E-state index in [2.05, 4.69) is 5.32 Å². The first-order valence-corrected chi connectivity index (χ1v) is 9.62. The predicted octanol–water partition coefficient (Wildman–Crippen LogP) is 5.70. The highest BCUT2D eigenvalue weighted by Gasteiger charge is 2.37. The molecule has 0 spiro atoms. The lowest BCUT2D eigenvalue weighted by molar-refractivity contribution is -0.143. The lowest BCUT2D eigenvalue weighted by Crippen LogP contribution is -2.42. The van der Waals surface area contributed by atoms with Crippen molar-refractivity contribution >= 4 is 17.7 Å². The first-order valence-electron chi connectivity index (χ1n) is 9.62. The SMILES string of the molecule is CC(C)(C)OC(=O)N1CCC(CC(=O)Nc2cc(C(F)(F)F)cc(C(F)(F)F)c2)CC1. The number of hydrogen-bond acceptors (Lipinski definition) is 3. The molecule has 2 amide bonds. The minimum atomic E-state index is -4.99. The summed E-state index contributed by atoms with van der Waals surface area (Å²) in [4.78, 5) is 25.8. The molecule has 0 atom stereocenters. The van der Waals surface area contributed by atoms with Crippen LogP contribution in [-0.4, -0.2) is 35.6 Å². The van der Waals surface area contributed by atoms with E-state index in [0.717, 1.165) is 0 Å². The lowest BCUT2D eigenvalue weighted by atomic mass is 9.93. The second-order valence-corrected chi connectivity index (χ2v) is 8.46. The Morgan fingerprint density at radius 1 is 0.968 bits per heavy atom. The maximum absolute atomic E-state index is 12.9. The van der Waals surface area contributed by atoms with Crippen molar-refractivity contribution in [3.05, 3.63) is 29.3 Å². The molecule has 0 radical (unpaired) electrons. The van der Waals surface area contributed by atoms with Gasteiger partial charge in [0.1, 0.15) is 5.60 Å². The average molecular weight is 454 g/mol. The molecule has 5 nitrogen and oxygen atoms in total. The van der Waals surface area contributed by atoms with Crippen LogP contribution in [0.5, 0.6) is 0 Å². The van der Waals surface area contributed by atoms with Crippen LogP contribution in [0.15, 0.2) is 18.2 Å². The number of halogens is 6. The molecule has 0 aliphatic carbocycles. The quantitative estimate of drug-likeness (QED) is 0.596. The van der Waals surface area contributed by atoms with E-state index in [4.69, 9.17) is 4.74 Å². The van der Waals surface area contributed by atoms with Gasteiger partial charge in [0.15, 0.2) is 0 Å². The summed E-state index contributed by atoms with van der Waals surface area (Å²) in [6.45, 7) is 5.89. The molecule has 0 saturated carbocycles. The lowest BCUT2D eigenvalue weighted by Gasteiger charge is -2.33. The van der Waals surface area contributed by atoms with Gasteiger partial charge in [-0.1, -0.05) is 0 Å². The fourth-order valence-electron chi connectivity index (χ4n) is 3.15. The van der Waals surface area contributed by atoms with Crippen molar-refractivity contribution in [2.75, 3.05) is 18.4 Å². The normalized spacial score (nSPS) is 16.2. The maximum atomic E-state index is 12.9. The minimum absolute atomic E-state index is 0.00203. The Balaban J connectivity index is 1.98. The van der Waals surface area contributed by atoms with E-state index < -0.39 is 46.8 Å². The summed E-state index contributed by atoms with van der Waals surface area (Å²) in [5.41, 5.74) is -4.21. The second kappa shape index (κ2) is 8.96. The highest BCUT2D eigenvalue weighted by atomic mass is 19.4. The molecule has 1 aliphatic heterocycles. The van der Waals surface area contributed by atoms with Gasteiger partial charge in [-0.05, 0) is 57.7 Å². The molecule has 2 rings (SSSR count). The Bertz CT molecular complexity index is 774. The highest BCUT2D eigenvalue weighted by Crippen LogP contribution is 2.37. The predicted molar refractivity (Wildman–Crippen MR) is 100 cm³/mol. The monoisotopic (exact) mass is 454 g/mol. The fraction of sp³-hybridized carbons (Fsp3) is 0.600. The van der Waals surface area contributed by atoms with Crippen molar-refractivity contribution in [1.29, 1.82) is 0 Å². The van der Waals surface area contributed by atoms with Gasteiger partial charge in [-0.2, -0.15) is 26.3 Å². The number of benzene rings is 1. The second-order valence-electron chi connectivity index (χ2n) is 8.46. The number of anilines is 1. The number of ether oxygens (including phenoxy) is 1. The van der Waals surface area contributed by atoms with Crippen molar-refractivity contribution in [1.82, 2.24) is 4.90 Å². The summed E-state index contributed by atoms with van der Waals surface area (Å²) in [5.74, 6) is -0.852. The third kappa shape index (κ3) is 7.62. The molecule has 31 heavy (non-hydrogen) atoms. The van der Waals surface area contributed by atoms with Gasteiger partial charge in [0.2, 0.25) is 5.91 Å². The van der Waals surface area contributed by atoms with E-state index in [1.54, 1.807) is 20.8 Å². The molecule has 1 aliphatic rings. The molecular formula is C20H24F6N2O3. The standard InChI is InChI=1S/C20H24F6N2O3/c1-18(2,3)31-17(30)28-6-4-12(5-7-28)8-16(29)27-15-10-13(19(21,22)23)9-14(11-15)20(24,25)26/h9-12H,4-8H2,1-3H3,(H,27,29). The Morgan fingerprint density at radius 3 is 1.87 bits per heavy atom. The Hall–Kier alpha value is -2.46. The zero-order valence-electron chi connectivity index (χ0n) is 17.3. The van der Waals surface area contributed by atoms with Crippen molar-refractivity contribution in [3.8, 4) is 0 Å². The summed E-state index contributed by atoms with van der Waals surface area (Å²) in [6, 6.07) is 0.943. The number of likely N-dealkylation sites (tertiary alicyclic amines) is 1. The topological polar surface area (TPSA) is 58.6 Å². The molecular weight excluding hydrogens is 430 g/mol. The summed E-state index contributed by atoms with van der Waals surface area (Å²) in [7, 11) is 0. The zero-order valence-corrected chi connectivity index (χ0v) is 17.3. The van der Waals surface area contributed by atoms with Gasteiger partial charge in [0, 0.05) is 25.2 Å². The fourth-order valence-corrected chi connectivity index (χ4v) is 3.15. The number of alkyl halides is 6. The van der Waals surface area contributed by atoms with Crippen molar-refractivity contribution in [3.63, 3.8) is 0 Å². The third-order valence-electron chi connectivity index (χ3n) is 4.61. The van der Waals surface area contributed by atoms with Gasteiger partial charge in [-0.15, -0.1) is 0 Å². The van der Waals surface area contributed by atoms with Crippen LogP contribution in [0.1, 0.15) is 51.2 Å². The van der Waals surface area contributed by atoms with Crippen molar-refractivity contribution < 1.29 is 40.7 Å². The van der Waals surface area contributed by atoms with Crippen molar-refractivity contribution in [2.24, 2.45) is 5.92 Å². The summed E-state index contributed by atoms with van der Waals surface area (Å²) < 4.78 is 82.8. The summed E-state index contributed by atoms with van der Waals surface area (Å²) in [6.07, 6.45) is -9.62. The molecule has 0 aromatic heterocycles. The number of piperidine rings is 1. The molecule has 1 saturated heterocycles. The Kier molecular flexibility index (Phi) is 7.17. The number of hydrogen-bond donors (Lipinski definition) is 1. The van der Waals surface area contributed by atoms with Gasteiger partial charge in [-0.25, -0.2) is 4.79 Å². The van der Waals surface area contributed by atoms with Gasteiger partial charge < -0.3 is 15.0 Å². The van der Waals surface area contributed by atoms with Crippen LogP contribution >= 0.6 is 0 Å². The number of amides is 2. The number of rotatable bonds is 3. The highest BCUT2D eigenvalue weighted by molar-refractivity contribution is 5.91. The molecule has 0 bridgehead atoms. The van der Waals surface area contributed by atoms with Gasteiger partial charge in [0.25, 0.3) is 0 Å². The maximum Gasteiger partial charge on any atom is 0.416 e. The number of carbonyl (C=O) groups is 2. The average Bonchev–Trinajstić information content (AvgIpc) is 2.59. The van der Waals surface area contributed by atoms with E-state index in [9.17, 15) is 35.9 Å². The largest absolute Gasteiger partial charge is 0.444 e. The summed E-state index contributed by atoms with van der Waals surface area (Å²) in [5, 5.41) is 2.14. The molecule has 1 heterocycles. The van der Waals surface area contributed by atoms with Gasteiger partial charge in [0.05, 0.1) is 11.1 Å². The molecule has 1 aromatic rings. The smallest absolute Gasteiger partial charge is 0.416 e. The first kappa shape index (κ1) is 24.8. The number of nitrogens with one attached hydrogen (secondary N) is 1. The van der Waals surface area contributed by atoms with E-state index >= 15 is 0 Å². The Labute approximate surface area is 175 Å². The van der Waals surface area contributed by atoms with E-state index in [1.807, 2.05) is 0 Å². The number of nitrogens with zero attached hydrogens (tertiary/aromatic N) is 1. The van der Waals surface area contributed by atoms with E-state index in [1.165, 1.54) is 4.90 Å². The van der Waals surface area contributed by atoms with Crippen LogP contribution in [-0.2, 0) is 21.9 Å². The van der Waals surface area contributed by atoms with E-state index in [-0.39, 0.29) is 18.4 Å². The Morgan fingerprint density at radius 2 is 1.45 bits per heavy atom. The van der Waals surface area contributed by atoms with Crippen LogP contribution in [0.25, 0.3) is 0 Å². The van der Waals surface area contributed by atoms with Crippen molar-refractivity contribution in [2.45, 2.75) is 58.0 Å². The van der Waals surface area contributed by atoms with Crippen LogP contribution in [0.3, 0.4) is 0 Å². The minimum Gasteiger partial charge on any atom is -0.444 e. The van der Waals surface area contributed by atoms with Crippen LogP contribution in [0.2, 0.25) is 0 Å². The third-order valence-corrected chi connectivity index (χ3v) is 4.61. The molecule has 1 fully saturated rings. The molecule has 1 aromatic carbocycles. The zero-order chi connectivity index (χ0) is 23.6. The summed E-state index contributed by atoms with van der Waals surface area (Å²) >= 11 is 0. The molecule has 0 unspecified atom stereocenters. The van der Waals surface area contributed by atoms with Crippen LogP contribution < -0.4 is 5.32 Å². The van der Waals surface area contributed by atoms with E-state index in [0.29, 0.717) is 38.1 Å². The number of carbonyl (C=O) groups excluding carboxylic acids is 2. The van der Waals surface area contributed by atoms with Crippen LogP contribution in [0.4, 0.5) is 36.8 Å².